The zero-order chi connectivity index (χ0) is 17.5. The summed E-state index contributed by atoms with van der Waals surface area (Å²) in [6.07, 6.45) is 1.32. The van der Waals surface area contributed by atoms with Gasteiger partial charge < -0.3 is 16.0 Å². The van der Waals surface area contributed by atoms with Gasteiger partial charge in [0.05, 0.1) is 0 Å². The third-order valence-corrected chi connectivity index (χ3v) is 3.93. The maximum atomic E-state index is 11.8. The summed E-state index contributed by atoms with van der Waals surface area (Å²) in [5.74, 6) is 0.723. The van der Waals surface area contributed by atoms with Gasteiger partial charge >= 0.3 is 0 Å². The van der Waals surface area contributed by atoms with E-state index in [0.29, 0.717) is 18.3 Å². The van der Waals surface area contributed by atoms with Crippen LogP contribution in [0.1, 0.15) is 31.9 Å². The van der Waals surface area contributed by atoms with Gasteiger partial charge in [0.15, 0.2) is 0 Å². The van der Waals surface area contributed by atoms with Crippen molar-refractivity contribution in [2.24, 2.45) is 11.8 Å². The Morgan fingerprint density at radius 1 is 1.12 bits per heavy atom. The summed E-state index contributed by atoms with van der Waals surface area (Å²) in [5, 5.41) is 8.10. The smallest absolute Gasteiger partial charge is 0.227 e. The molecule has 7 nitrogen and oxygen atoms in total. The molecule has 0 spiro atoms. The van der Waals surface area contributed by atoms with E-state index < -0.39 is 0 Å². The molecule has 0 aromatic carbocycles. The minimum Gasteiger partial charge on any atom is -0.356 e. The molecule has 1 aromatic heterocycles. The molecule has 3 N–H and O–H groups in total. The minimum atomic E-state index is -0.204. The van der Waals surface area contributed by atoms with Crippen LogP contribution in [0.3, 0.4) is 0 Å². The molecule has 1 saturated carbocycles. The summed E-state index contributed by atoms with van der Waals surface area (Å²) >= 11 is 0. The van der Waals surface area contributed by atoms with E-state index in [9.17, 15) is 14.4 Å². The molecule has 0 radical (unpaired) electrons. The fraction of sp³-hybridized carbons (Fsp3) is 0.529. The van der Waals surface area contributed by atoms with E-state index in [2.05, 4.69) is 20.9 Å². The molecule has 1 aliphatic rings. The number of carbonyl (C=O) groups is 3. The van der Waals surface area contributed by atoms with Gasteiger partial charge in [-0.15, -0.1) is 0 Å². The molecule has 0 bridgehead atoms. The Balaban J connectivity index is 1.55. The van der Waals surface area contributed by atoms with Crippen molar-refractivity contribution in [2.45, 2.75) is 33.1 Å². The summed E-state index contributed by atoms with van der Waals surface area (Å²) in [6.45, 7) is 4.46. The molecule has 1 fully saturated rings. The fourth-order valence-electron chi connectivity index (χ4n) is 2.34. The first-order valence-electron chi connectivity index (χ1n) is 8.23. The Hall–Kier alpha value is -2.44. The van der Waals surface area contributed by atoms with Crippen LogP contribution in [0.4, 0.5) is 5.82 Å². The van der Waals surface area contributed by atoms with Crippen LogP contribution < -0.4 is 16.0 Å². The largest absolute Gasteiger partial charge is 0.356 e. The molecular formula is C17H24N4O3. The van der Waals surface area contributed by atoms with E-state index in [1.807, 2.05) is 26.0 Å². The van der Waals surface area contributed by atoms with Crippen molar-refractivity contribution < 1.29 is 14.4 Å². The lowest BCUT2D eigenvalue weighted by Gasteiger charge is -2.07. The standard InChI is InChI=1S/C17H24N4O3/c1-11-10-13(11)17(24)19-9-6-15(22)18-8-7-16(23)21-14-5-3-4-12(2)20-14/h3-5,11,13H,6-10H2,1-2H3,(H,18,22)(H,19,24)(H,20,21,23). The minimum absolute atomic E-state index is 0.0281. The molecule has 2 unspecified atom stereocenters. The third kappa shape index (κ3) is 5.98. The molecular weight excluding hydrogens is 308 g/mol. The number of pyridine rings is 1. The van der Waals surface area contributed by atoms with Crippen molar-refractivity contribution in [1.29, 1.82) is 0 Å². The number of aromatic nitrogens is 1. The molecule has 0 saturated heterocycles. The number of nitrogens with zero attached hydrogens (tertiary/aromatic N) is 1. The zero-order valence-corrected chi connectivity index (χ0v) is 14.1. The van der Waals surface area contributed by atoms with Gasteiger partial charge in [0.1, 0.15) is 5.82 Å². The second-order valence-electron chi connectivity index (χ2n) is 6.17. The van der Waals surface area contributed by atoms with Gasteiger partial charge in [-0.05, 0) is 31.4 Å². The number of carbonyl (C=O) groups excluding carboxylic acids is 3. The number of hydrogen-bond donors (Lipinski definition) is 3. The number of amides is 3. The van der Waals surface area contributed by atoms with E-state index in [1.54, 1.807) is 6.07 Å². The number of nitrogens with one attached hydrogen (secondary N) is 3. The molecule has 3 amide bonds. The number of hydrogen-bond acceptors (Lipinski definition) is 4. The Morgan fingerprint density at radius 3 is 2.46 bits per heavy atom. The second kappa shape index (κ2) is 8.42. The van der Waals surface area contributed by atoms with Gasteiger partial charge in [-0.25, -0.2) is 4.98 Å². The van der Waals surface area contributed by atoms with Crippen LogP contribution in [0.25, 0.3) is 0 Å². The molecule has 24 heavy (non-hydrogen) atoms. The van der Waals surface area contributed by atoms with Gasteiger partial charge in [-0.1, -0.05) is 13.0 Å². The maximum absolute atomic E-state index is 11.8. The fourth-order valence-corrected chi connectivity index (χ4v) is 2.34. The van der Waals surface area contributed by atoms with E-state index in [0.717, 1.165) is 12.1 Å². The highest BCUT2D eigenvalue weighted by atomic mass is 16.2. The average Bonchev–Trinajstić information content (AvgIpc) is 3.24. The lowest BCUT2D eigenvalue weighted by atomic mass is 10.3. The highest BCUT2D eigenvalue weighted by Gasteiger charge is 2.38. The highest BCUT2D eigenvalue weighted by molar-refractivity contribution is 5.90. The van der Waals surface area contributed by atoms with Gasteiger partial charge in [-0.2, -0.15) is 0 Å². The Bertz CT molecular complexity index is 618. The summed E-state index contributed by atoms with van der Waals surface area (Å²) in [5.41, 5.74) is 0.823. The van der Waals surface area contributed by atoms with Crippen LogP contribution in [0, 0.1) is 18.8 Å². The van der Waals surface area contributed by atoms with Gasteiger partial charge in [-0.3, -0.25) is 14.4 Å². The molecule has 1 aromatic rings. The van der Waals surface area contributed by atoms with Crippen LogP contribution in [0.2, 0.25) is 0 Å². The van der Waals surface area contributed by atoms with Crippen molar-refractivity contribution in [3.8, 4) is 0 Å². The molecule has 0 aliphatic heterocycles. The summed E-state index contributed by atoms with van der Waals surface area (Å²) in [7, 11) is 0. The van der Waals surface area contributed by atoms with Crippen molar-refractivity contribution in [2.75, 3.05) is 18.4 Å². The monoisotopic (exact) mass is 332 g/mol. The zero-order valence-electron chi connectivity index (χ0n) is 14.1. The van der Waals surface area contributed by atoms with E-state index in [-0.39, 0.29) is 43.0 Å². The molecule has 7 heteroatoms. The molecule has 2 rings (SSSR count). The van der Waals surface area contributed by atoms with E-state index >= 15 is 0 Å². The van der Waals surface area contributed by atoms with Crippen molar-refractivity contribution in [1.82, 2.24) is 15.6 Å². The predicted molar refractivity (Wildman–Crippen MR) is 90.1 cm³/mol. The Morgan fingerprint density at radius 2 is 1.79 bits per heavy atom. The summed E-state index contributed by atoms with van der Waals surface area (Å²) in [4.78, 5) is 39.2. The molecule has 1 heterocycles. The first-order chi connectivity index (χ1) is 11.5. The average molecular weight is 332 g/mol. The molecule has 1 aliphatic carbocycles. The summed E-state index contributed by atoms with van der Waals surface area (Å²) < 4.78 is 0. The topological polar surface area (TPSA) is 100 Å². The van der Waals surface area contributed by atoms with E-state index in [4.69, 9.17) is 0 Å². The Kier molecular flexibility index (Phi) is 6.28. The van der Waals surface area contributed by atoms with Gasteiger partial charge in [0.2, 0.25) is 17.7 Å². The first-order valence-corrected chi connectivity index (χ1v) is 8.23. The van der Waals surface area contributed by atoms with Gasteiger partial charge in [0, 0.05) is 37.5 Å². The lowest BCUT2D eigenvalue weighted by molar-refractivity contribution is -0.123. The van der Waals surface area contributed by atoms with Crippen molar-refractivity contribution in [3.63, 3.8) is 0 Å². The van der Waals surface area contributed by atoms with Crippen LogP contribution >= 0.6 is 0 Å². The maximum Gasteiger partial charge on any atom is 0.227 e. The van der Waals surface area contributed by atoms with Crippen LogP contribution in [-0.2, 0) is 14.4 Å². The third-order valence-electron chi connectivity index (χ3n) is 3.93. The number of rotatable bonds is 8. The summed E-state index contributed by atoms with van der Waals surface area (Å²) in [6, 6.07) is 5.38. The number of aryl methyl sites for hydroxylation is 1. The van der Waals surface area contributed by atoms with Crippen LogP contribution in [-0.4, -0.2) is 35.8 Å². The molecule has 130 valence electrons. The predicted octanol–water partition coefficient (Wildman–Crippen LogP) is 0.997. The SMILES string of the molecule is Cc1cccc(NC(=O)CCNC(=O)CCNC(=O)C2CC2C)n1. The lowest BCUT2D eigenvalue weighted by Crippen LogP contribution is -2.33. The van der Waals surface area contributed by atoms with Crippen molar-refractivity contribution >= 4 is 23.5 Å². The number of anilines is 1. The first kappa shape index (κ1) is 17.9. The van der Waals surface area contributed by atoms with Crippen molar-refractivity contribution in [3.05, 3.63) is 23.9 Å². The normalized spacial score (nSPS) is 18.6. The van der Waals surface area contributed by atoms with E-state index in [1.165, 1.54) is 0 Å². The van der Waals surface area contributed by atoms with Crippen LogP contribution in [0.5, 0.6) is 0 Å². The second-order valence-corrected chi connectivity index (χ2v) is 6.17. The van der Waals surface area contributed by atoms with Crippen LogP contribution in [0.15, 0.2) is 18.2 Å². The van der Waals surface area contributed by atoms with Gasteiger partial charge in [0.25, 0.3) is 0 Å². The molecule has 2 atom stereocenters. The highest BCUT2D eigenvalue weighted by Crippen LogP contribution is 2.37. The Labute approximate surface area is 141 Å². The quantitative estimate of drug-likeness (QED) is 0.661.